The average molecular weight is 290 g/mol. The fourth-order valence-corrected chi connectivity index (χ4v) is 1.98. The predicted molar refractivity (Wildman–Crippen MR) is 77.2 cm³/mol. The number of carbonyl (C=O) groups excluding carboxylic acids is 1. The molecule has 1 saturated carbocycles. The summed E-state index contributed by atoms with van der Waals surface area (Å²) in [4.78, 5) is 11.6. The van der Waals surface area contributed by atoms with E-state index in [0.29, 0.717) is 11.7 Å². The van der Waals surface area contributed by atoms with Gasteiger partial charge in [0.25, 0.3) is 0 Å². The van der Waals surface area contributed by atoms with Crippen molar-refractivity contribution in [1.29, 1.82) is 0 Å². The first-order chi connectivity index (χ1) is 10.1. The third kappa shape index (κ3) is 3.47. The lowest BCUT2D eigenvalue weighted by Gasteiger charge is -2.12. The Bertz CT molecular complexity index is 599. The Morgan fingerprint density at radius 1 is 1.43 bits per heavy atom. The highest BCUT2D eigenvalue weighted by Gasteiger charge is 2.25. The SMILES string of the molecule is COC(=O)C(=C(/N)O)/C(=C\N)Oc1cccc(C2CC2)c1. The summed E-state index contributed by atoms with van der Waals surface area (Å²) in [6.45, 7) is 0. The van der Waals surface area contributed by atoms with Crippen LogP contribution in [-0.2, 0) is 9.53 Å². The number of benzene rings is 1. The molecular formula is C15H18N2O4. The second-order valence-electron chi connectivity index (χ2n) is 4.73. The summed E-state index contributed by atoms with van der Waals surface area (Å²) in [5.74, 6) is -0.520. The van der Waals surface area contributed by atoms with Crippen LogP contribution in [0.1, 0.15) is 24.3 Å². The van der Waals surface area contributed by atoms with Crippen molar-refractivity contribution in [2.75, 3.05) is 7.11 Å². The Kier molecular flexibility index (Phi) is 4.37. The summed E-state index contributed by atoms with van der Waals surface area (Å²) < 4.78 is 10.1. The number of methoxy groups -OCH3 is 1. The number of nitrogens with two attached hydrogens (primary N) is 2. The van der Waals surface area contributed by atoms with Crippen molar-refractivity contribution in [2.24, 2.45) is 11.5 Å². The van der Waals surface area contributed by atoms with Gasteiger partial charge in [-0.1, -0.05) is 12.1 Å². The van der Waals surface area contributed by atoms with Gasteiger partial charge in [-0.25, -0.2) is 4.79 Å². The highest BCUT2D eigenvalue weighted by Crippen LogP contribution is 2.41. The van der Waals surface area contributed by atoms with Gasteiger partial charge in [0.2, 0.25) is 0 Å². The number of hydrogen-bond acceptors (Lipinski definition) is 6. The van der Waals surface area contributed by atoms with Crippen molar-refractivity contribution >= 4 is 5.97 Å². The summed E-state index contributed by atoms with van der Waals surface area (Å²) in [6.07, 6.45) is 3.39. The minimum absolute atomic E-state index is 0.0604. The van der Waals surface area contributed by atoms with Crippen molar-refractivity contribution < 1.29 is 19.4 Å². The number of rotatable bonds is 5. The Hall–Kier alpha value is -2.63. The van der Waals surface area contributed by atoms with Crippen LogP contribution < -0.4 is 16.2 Å². The Morgan fingerprint density at radius 3 is 2.67 bits per heavy atom. The highest BCUT2D eigenvalue weighted by atomic mass is 16.5. The standard InChI is InChI=1S/C15H18N2O4/c1-20-15(19)13(14(17)18)12(8-16)21-11-4-2-3-10(7-11)9-5-6-9/h2-4,7-9,18H,5-6,16-17H2,1H3/b12-8+,14-13-. The molecule has 112 valence electrons. The van der Waals surface area contributed by atoms with Gasteiger partial charge in [-0.05, 0) is 36.5 Å². The maximum Gasteiger partial charge on any atom is 0.347 e. The van der Waals surface area contributed by atoms with Crippen LogP contribution in [0.2, 0.25) is 0 Å². The van der Waals surface area contributed by atoms with E-state index in [1.165, 1.54) is 25.5 Å². The third-order valence-electron chi connectivity index (χ3n) is 3.18. The Labute approximate surface area is 122 Å². The molecule has 0 atom stereocenters. The van der Waals surface area contributed by atoms with Crippen LogP contribution in [0.4, 0.5) is 0 Å². The molecule has 1 fully saturated rings. The number of carbonyl (C=O) groups is 1. The molecule has 2 rings (SSSR count). The van der Waals surface area contributed by atoms with Crippen LogP contribution in [0, 0.1) is 0 Å². The molecule has 1 aliphatic rings. The molecule has 21 heavy (non-hydrogen) atoms. The molecule has 0 aliphatic heterocycles. The second kappa shape index (κ2) is 6.21. The largest absolute Gasteiger partial charge is 0.494 e. The topological polar surface area (TPSA) is 108 Å². The van der Waals surface area contributed by atoms with Crippen LogP contribution in [0.25, 0.3) is 0 Å². The molecule has 6 heteroatoms. The normalized spacial score (nSPS) is 16.1. The third-order valence-corrected chi connectivity index (χ3v) is 3.18. The zero-order valence-electron chi connectivity index (χ0n) is 11.7. The molecule has 6 nitrogen and oxygen atoms in total. The van der Waals surface area contributed by atoms with E-state index >= 15 is 0 Å². The van der Waals surface area contributed by atoms with E-state index in [9.17, 15) is 9.90 Å². The second-order valence-corrected chi connectivity index (χ2v) is 4.73. The average Bonchev–Trinajstić information content (AvgIpc) is 3.30. The number of ether oxygens (including phenoxy) is 2. The lowest BCUT2D eigenvalue weighted by Crippen LogP contribution is -2.18. The lowest BCUT2D eigenvalue weighted by atomic mass is 10.1. The van der Waals surface area contributed by atoms with Gasteiger partial charge in [-0.3, -0.25) is 0 Å². The lowest BCUT2D eigenvalue weighted by molar-refractivity contribution is -0.136. The first-order valence-electron chi connectivity index (χ1n) is 6.54. The predicted octanol–water partition coefficient (Wildman–Crippen LogP) is 1.64. The Morgan fingerprint density at radius 2 is 2.14 bits per heavy atom. The van der Waals surface area contributed by atoms with Gasteiger partial charge < -0.3 is 26.0 Å². The molecule has 0 saturated heterocycles. The van der Waals surface area contributed by atoms with E-state index in [1.807, 2.05) is 18.2 Å². The first-order valence-corrected chi connectivity index (χ1v) is 6.54. The summed E-state index contributed by atoms with van der Waals surface area (Å²) in [6, 6.07) is 7.50. The first kappa shape index (κ1) is 14.8. The van der Waals surface area contributed by atoms with Crippen LogP contribution in [-0.4, -0.2) is 18.2 Å². The Balaban J connectivity index is 2.24. The summed E-state index contributed by atoms with van der Waals surface area (Å²) >= 11 is 0. The van der Waals surface area contributed by atoms with E-state index in [1.54, 1.807) is 6.07 Å². The van der Waals surface area contributed by atoms with E-state index in [2.05, 4.69) is 4.74 Å². The minimum Gasteiger partial charge on any atom is -0.494 e. The number of esters is 1. The van der Waals surface area contributed by atoms with Gasteiger partial charge in [0, 0.05) is 6.20 Å². The van der Waals surface area contributed by atoms with Gasteiger partial charge in [0.15, 0.2) is 17.2 Å². The quantitative estimate of drug-likeness (QED) is 0.329. The maximum atomic E-state index is 11.6. The van der Waals surface area contributed by atoms with Gasteiger partial charge in [-0.2, -0.15) is 0 Å². The van der Waals surface area contributed by atoms with E-state index in [4.69, 9.17) is 16.2 Å². The number of aliphatic hydroxyl groups is 1. The van der Waals surface area contributed by atoms with Gasteiger partial charge in [0.05, 0.1) is 7.11 Å². The van der Waals surface area contributed by atoms with Crippen molar-refractivity contribution in [1.82, 2.24) is 0 Å². The summed E-state index contributed by atoms with van der Waals surface area (Å²) in [5.41, 5.74) is 11.6. The molecule has 5 N–H and O–H groups in total. The minimum atomic E-state index is -0.829. The van der Waals surface area contributed by atoms with Crippen molar-refractivity contribution in [2.45, 2.75) is 18.8 Å². The molecule has 0 heterocycles. The van der Waals surface area contributed by atoms with Gasteiger partial charge in [-0.15, -0.1) is 0 Å². The maximum absolute atomic E-state index is 11.6. The van der Waals surface area contributed by atoms with Gasteiger partial charge in [0.1, 0.15) is 5.75 Å². The molecule has 0 aromatic heterocycles. The van der Waals surface area contributed by atoms with Crippen LogP contribution in [0.15, 0.2) is 47.7 Å². The number of aliphatic hydroxyl groups excluding tert-OH is 1. The zero-order chi connectivity index (χ0) is 15.4. The van der Waals surface area contributed by atoms with Crippen LogP contribution in [0.5, 0.6) is 5.75 Å². The fourth-order valence-electron chi connectivity index (χ4n) is 1.98. The van der Waals surface area contributed by atoms with Gasteiger partial charge >= 0.3 is 5.97 Å². The van der Waals surface area contributed by atoms with Crippen molar-refractivity contribution in [3.8, 4) is 5.75 Å². The molecular weight excluding hydrogens is 272 g/mol. The summed E-state index contributed by atoms with van der Waals surface area (Å²) in [7, 11) is 1.17. The van der Waals surface area contributed by atoms with E-state index in [-0.39, 0.29) is 11.3 Å². The molecule has 1 aliphatic carbocycles. The van der Waals surface area contributed by atoms with E-state index in [0.717, 1.165) is 6.20 Å². The molecule has 0 radical (unpaired) electrons. The number of hydrogen-bond donors (Lipinski definition) is 3. The zero-order valence-corrected chi connectivity index (χ0v) is 11.7. The summed E-state index contributed by atoms with van der Waals surface area (Å²) in [5, 5.41) is 9.43. The molecule has 0 unspecified atom stereocenters. The molecule has 0 bridgehead atoms. The monoisotopic (exact) mass is 290 g/mol. The van der Waals surface area contributed by atoms with Crippen LogP contribution >= 0.6 is 0 Å². The van der Waals surface area contributed by atoms with Crippen molar-refractivity contribution in [3.05, 3.63) is 53.2 Å². The molecule has 0 amide bonds. The smallest absolute Gasteiger partial charge is 0.347 e. The molecule has 1 aromatic rings. The highest BCUT2D eigenvalue weighted by molar-refractivity contribution is 5.93. The van der Waals surface area contributed by atoms with Crippen LogP contribution in [0.3, 0.4) is 0 Å². The molecule has 1 aromatic carbocycles. The fraction of sp³-hybridized carbons (Fsp3) is 0.267. The van der Waals surface area contributed by atoms with E-state index < -0.39 is 11.9 Å². The van der Waals surface area contributed by atoms with Crippen molar-refractivity contribution in [3.63, 3.8) is 0 Å². The molecule has 0 spiro atoms.